The molecule has 7 nitrogen and oxygen atoms in total. The van der Waals surface area contributed by atoms with Crippen LogP contribution in [-0.2, 0) is 16.0 Å². The van der Waals surface area contributed by atoms with Gasteiger partial charge in [0.2, 0.25) is 5.91 Å². The zero-order valence-electron chi connectivity index (χ0n) is 15.8. The summed E-state index contributed by atoms with van der Waals surface area (Å²) in [5.74, 6) is -0.441. The van der Waals surface area contributed by atoms with Crippen LogP contribution in [0.25, 0.3) is 0 Å². The lowest BCUT2D eigenvalue weighted by Gasteiger charge is -2.34. The summed E-state index contributed by atoms with van der Waals surface area (Å²) < 4.78 is 5.31. The molecular weight excluding hydrogens is 366 g/mol. The van der Waals surface area contributed by atoms with Crippen LogP contribution in [-0.4, -0.2) is 53.3 Å². The molecule has 1 aromatic heterocycles. The normalized spacial score (nSPS) is 26.5. The summed E-state index contributed by atoms with van der Waals surface area (Å²) in [6.45, 7) is 3.44. The van der Waals surface area contributed by atoms with Crippen molar-refractivity contribution in [3.8, 4) is 0 Å². The van der Waals surface area contributed by atoms with Crippen LogP contribution >= 0.6 is 11.3 Å². The third-order valence-electron chi connectivity index (χ3n) is 5.32. The summed E-state index contributed by atoms with van der Waals surface area (Å²) in [5, 5.41) is 19.1. The number of rotatable bonds is 6. The van der Waals surface area contributed by atoms with Crippen LogP contribution in [0.15, 0.2) is 5.38 Å². The van der Waals surface area contributed by atoms with E-state index in [0.29, 0.717) is 38.2 Å². The molecule has 3 rings (SSSR count). The lowest BCUT2D eigenvalue weighted by Crippen LogP contribution is -2.50. The molecule has 2 amide bonds. The van der Waals surface area contributed by atoms with Crippen LogP contribution in [0.4, 0.5) is 0 Å². The summed E-state index contributed by atoms with van der Waals surface area (Å²) in [6.07, 6.45) is 4.45. The van der Waals surface area contributed by atoms with E-state index in [9.17, 15) is 14.7 Å². The van der Waals surface area contributed by atoms with Crippen LogP contribution in [0, 0.1) is 5.92 Å². The number of hydrogen-bond acceptors (Lipinski definition) is 6. The molecule has 3 atom stereocenters. The fraction of sp³-hybridized carbons (Fsp3) is 0.737. The lowest BCUT2D eigenvalue weighted by molar-refractivity contribution is -0.128. The van der Waals surface area contributed by atoms with Crippen molar-refractivity contribution in [1.29, 1.82) is 0 Å². The first-order valence-corrected chi connectivity index (χ1v) is 10.8. The number of nitrogens with one attached hydrogen (secondary N) is 2. The Morgan fingerprint density at radius 2 is 2.04 bits per heavy atom. The summed E-state index contributed by atoms with van der Waals surface area (Å²) in [6, 6.07) is -0.163. The molecule has 27 heavy (non-hydrogen) atoms. The molecule has 2 aliphatic rings. The van der Waals surface area contributed by atoms with Gasteiger partial charge in [0.1, 0.15) is 5.69 Å². The van der Waals surface area contributed by atoms with Gasteiger partial charge in [0, 0.05) is 30.6 Å². The van der Waals surface area contributed by atoms with Gasteiger partial charge in [-0.25, -0.2) is 4.98 Å². The van der Waals surface area contributed by atoms with Gasteiger partial charge in [-0.3, -0.25) is 9.59 Å². The van der Waals surface area contributed by atoms with E-state index in [4.69, 9.17) is 4.74 Å². The average molecular weight is 396 g/mol. The van der Waals surface area contributed by atoms with E-state index >= 15 is 0 Å². The number of nitrogens with zero attached hydrogens (tertiary/aromatic N) is 1. The Bertz CT molecular complexity index is 645. The summed E-state index contributed by atoms with van der Waals surface area (Å²) in [7, 11) is 0. The van der Waals surface area contributed by atoms with E-state index < -0.39 is 6.10 Å². The highest BCUT2D eigenvalue weighted by molar-refractivity contribution is 7.09. The Hall–Kier alpha value is -1.51. The minimum atomic E-state index is -0.720. The number of thiazole rings is 1. The van der Waals surface area contributed by atoms with Crippen molar-refractivity contribution in [3.05, 3.63) is 16.1 Å². The highest BCUT2D eigenvalue weighted by Gasteiger charge is 2.34. The first-order chi connectivity index (χ1) is 13.1. The summed E-state index contributed by atoms with van der Waals surface area (Å²) in [4.78, 5) is 29.2. The van der Waals surface area contributed by atoms with Gasteiger partial charge in [0.05, 0.1) is 17.2 Å². The first kappa shape index (κ1) is 20.2. The van der Waals surface area contributed by atoms with Crippen molar-refractivity contribution >= 4 is 23.2 Å². The van der Waals surface area contributed by atoms with Crippen molar-refractivity contribution in [1.82, 2.24) is 15.6 Å². The number of aliphatic hydroxyl groups excluding tert-OH is 1. The first-order valence-electron chi connectivity index (χ1n) is 9.88. The maximum atomic E-state index is 12.5. The Labute approximate surface area is 163 Å². The van der Waals surface area contributed by atoms with Crippen molar-refractivity contribution in [3.63, 3.8) is 0 Å². The molecule has 1 aliphatic carbocycles. The number of aliphatic hydroxyl groups is 1. The zero-order valence-corrected chi connectivity index (χ0v) is 16.6. The van der Waals surface area contributed by atoms with E-state index in [1.54, 1.807) is 5.38 Å². The van der Waals surface area contributed by atoms with Crippen LogP contribution < -0.4 is 10.6 Å². The van der Waals surface area contributed by atoms with Gasteiger partial charge in [0.25, 0.3) is 5.91 Å². The van der Waals surface area contributed by atoms with E-state index in [0.717, 1.165) is 30.7 Å². The number of aryl methyl sites for hydroxylation is 1. The van der Waals surface area contributed by atoms with E-state index in [1.807, 2.05) is 0 Å². The highest BCUT2D eigenvalue weighted by atomic mass is 32.1. The Balaban J connectivity index is 1.47. The Morgan fingerprint density at radius 1 is 1.26 bits per heavy atom. The Kier molecular flexibility index (Phi) is 7.20. The van der Waals surface area contributed by atoms with Gasteiger partial charge in [0.15, 0.2) is 0 Å². The van der Waals surface area contributed by atoms with E-state index in [2.05, 4.69) is 22.5 Å². The predicted molar refractivity (Wildman–Crippen MR) is 103 cm³/mol. The topological polar surface area (TPSA) is 101 Å². The molecule has 150 valence electrons. The van der Waals surface area contributed by atoms with Crippen LogP contribution in [0.2, 0.25) is 0 Å². The fourth-order valence-corrected chi connectivity index (χ4v) is 4.58. The van der Waals surface area contributed by atoms with Crippen LogP contribution in [0.1, 0.15) is 60.9 Å². The van der Waals surface area contributed by atoms with Crippen LogP contribution in [0.5, 0.6) is 0 Å². The average Bonchev–Trinajstić information content (AvgIpc) is 3.13. The monoisotopic (exact) mass is 395 g/mol. The quantitative estimate of drug-likeness (QED) is 0.680. The molecule has 2 fully saturated rings. The van der Waals surface area contributed by atoms with Gasteiger partial charge >= 0.3 is 0 Å². The molecule has 0 spiro atoms. The number of ether oxygens (including phenoxy) is 1. The lowest BCUT2D eigenvalue weighted by atomic mass is 9.83. The Morgan fingerprint density at radius 3 is 2.74 bits per heavy atom. The molecule has 2 heterocycles. The zero-order chi connectivity index (χ0) is 19.2. The van der Waals surface area contributed by atoms with E-state index in [-0.39, 0.29) is 29.8 Å². The third kappa shape index (κ3) is 5.49. The fourth-order valence-electron chi connectivity index (χ4n) is 3.70. The molecule has 1 saturated carbocycles. The van der Waals surface area contributed by atoms with Gasteiger partial charge in [-0.15, -0.1) is 11.3 Å². The van der Waals surface area contributed by atoms with Gasteiger partial charge in [-0.1, -0.05) is 6.92 Å². The van der Waals surface area contributed by atoms with Crippen molar-refractivity contribution < 1.29 is 19.4 Å². The van der Waals surface area contributed by atoms with Gasteiger partial charge in [-0.2, -0.15) is 0 Å². The number of carbonyl (C=O) groups is 2. The third-order valence-corrected chi connectivity index (χ3v) is 6.23. The maximum Gasteiger partial charge on any atom is 0.271 e. The number of aromatic nitrogens is 1. The molecular formula is C19H29N3O4S. The molecule has 1 aliphatic heterocycles. The smallest absolute Gasteiger partial charge is 0.271 e. The molecule has 0 unspecified atom stereocenters. The number of carbonyl (C=O) groups excluding carboxylic acids is 2. The highest BCUT2D eigenvalue weighted by Crippen LogP contribution is 2.26. The molecule has 1 aromatic rings. The summed E-state index contributed by atoms with van der Waals surface area (Å²) >= 11 is 1.49. The molecule has 0 bridgehead atoms. The van der Waals surface area contributed by atoms with E-state index in [1.165, 1.54) is 11.3 Å². The van der Waals surface area contributed by atoms with Gasteiger partial charge in [-0.05, 0) is 44.9 Å². The minimum Gasteiger partial charge on any atom is -0.391 e. The molecule has 0 aromatic carbocycles. The second-order valence-corrected chi connectivity index (χ2v) is 8.37. The molecule has 0 radical (unpaired) electrons. The predicted octanol–water partition coefficient (Wildman–Crippen LogP) is 1.65. The molecule has 3 N–H and O–H groups in total. The molecule has 1 saturated heterocycles. The number of amides is 2. The summed E-state index contributed by atoms with van der Waals surface area (Å²) in [5.41, 5.74) is 0.412. The van der Waals surface area contributed by atoms with Crippen LogP contribution in [0.3, 0.4) is 0 Å². The second-order valence-electron chi connectivity index (χ2n) is 7.43. The largest absolute Gasteiger partial charge is 0.391 e. The second kappa shape index (κ2) is 9.61. The van der Waals surface area contributed by atoms with Crippen molar-refractivity contribution in [2.24, 2.45) is 5.92 Å². The SMILES string of the molecule is CCCc1nc(C(=O)N[C@H]2CC[C@H](C(=O)NC3CCOCC3)C[C@@H]2O)cs1. The minimum absolute atomic E-state index is 0.00874. The standard InChI is InChI=1S/C19H29N3O4S/c1-2-3-17-21-15(11-27-17)19(25)22-14-5-4-12(10-16(14)23)18(24)20-13-6-8-26-9-7-13/h11-14,16,23H,2-10H2,1H3,(H,20,24)(H,22,25)/t12-,14-,16-/m0/s1. The molecule has 8 heteroatoms. The maximum absolute atomic E-state index is 12.5. The van der Waals surface area contributed by atoms with Crippen molar-refractivity contribution in [2.45, 2.75) is 70.1 Å². The van der Waals surface area contributed by atoms with Crippen molar-refractivity contribution in [2.75, 3.05) is 13.2 Å². The van der Waals surface area contributed by atoms with Gasteiger partial charge < -0.3 is 20.5 Å². The number of hydrogen-bond donors (Lipinski definition) is 3.